The maximum atomic E-state index is 12.2. The molecule has 0 bridgehead atoms. The minimum atomic E-state index is -0.397. The largest absolute Gasteiger partial charge is 0.507 e. The van der Waals surface area contributed by atoms with E-state index in [-0.39, 0.29) is 64.0 Å². The molecule has 0 saturated heterocycles. The minimum absolute atomic E-state index is 0. The van der Waals surface area contributed by atoms with E-state index in [1.807, 2.05) is 0 Å². The molecule has 6 rings (SSSR count). The van der Waals surface area contributed by atoms with Crippen molar-refractivity contribution in [3.05, 3.63) is 73.3 Å². The Morgan fingerprint density at radius 2 is 0.956 bits per heavy atom. The smallest absolute Gasteiger partial charge is 0.166 e. The molecule has 2 aliphatic carbocycles. The van der Waals surface area contributed by atoms with Crippen LogP contribution in [0.1, 0.15) is 116 Å². The first kappa shape index (κ1) is 33.0. The molecular formula is C35H31ClO9. The zero-order valence-electron chi connectivity index (χ0n) is 24.9. The summed E-state index contributed by atoms with van der Waals surface area (Å²) in [5.41, 5.74) is 4.65. The van der Waals surface area contributed by atoms with Crippen molar-refractivity contribution in [3.63, 3.8) is 0 Å². The molecule has 3 N–H and O–H groups in total. The maximum absolute atomic E-state index is 12.2. The van der Waals surface area contributed by atoms with E-state index in [0.29, 0.717) is 99.8 Å². The van der Waals surface area contributed by atoms with E-state index in [1.165, 1.54) is 0 Å². The summed E-state index contributed by atoms with van der Waals surface area (Å²) in [5, 5.41) is 32.8. The second kappa shape index (κ2) is 12.6. The summed E-state index contributed by atoms with van der Waals surface area (Å²) >= 11 is 0. The Morgan fingerprint density at radius 1 is 0.556 bits per heavy atom. The van der Waals surface area contributed by atoms with Gasteiger partial charge in [-0.2, -0.15) is 0 Å². The van der Waals surface area contributed by atoms with E-state index in [2.05, 4.69) is 0 Å². The lowest BCUT2D eigenvalue weighted by atomic mass is 9.81. The summed E-state index contributed by atoms with van der Waals surface area (Å²) in [4.78, 5) is 69.9. The number of ketones is 2. The average molecular weight is 631 g/mol. The normalized spacial score (nSPS) is 13.7. The number of halogens is 1. The molecule has 0 heterocycles. The van der Waals surface area contributed by atoms with E-state index in [4.69, 9.17) is 0 Å². The number of hydrogen-bond acceptors (Lipinski definition) is 9. The predicted molar refractivity (Wildman–Crippen MR) is 170 cm³/mol. The van der Waals surface area contributed by atoms with Crippen molar-refractivity contribution in [2.45, 2.75) is 59.3 Å². The number of phenols is 3. The quantitative estimate of drug-likeness (QED) is 0.216. The van der Waals surface area contributed by atoms with Crippen LogP contribution in [-0.2, 0) is 12.8 Å². The minimum Gasteiger partial charge on any atom is -0.507 e. The van der Waals surface area contributed by atoms with Gasteiger partial charge in [0, 0.05) is 40.3 Å². The molecule has 0 atom stereocenters. The Labute approximate surface area is 264 Å². The van der Waals surface area contributed by atoms with Gasteiger partial charge < -0.3 is 15.3 Å². The van der Waals surface area contributed by atoms with E-state index < -0.39 is 5.75 Å². The van der Waals surface area contributed by atoms with Gasteiger partial charge in [-0.1, -0.05) is 0 Å². The van der Waals surface area contributed by atoms with E-state index in [0.717, 1.165) is 18.1 Å². The van der Waals surface area contributed by atoms with Crippen molar-refractivity contribution < 1.29 is 44.1 Å². The predicted octanol–water partition coefficient (Wildman–Crippen LogP) is 6.43. The number of Topliss-reactive ketones (excluding diaryl/α,β-unsaturated/α-hetero) is 2. The number of fused-ring (bicyclic) bond motifs is 4. The summed E-state index contributed by atoms with van der Waals surface area (Å²) in [6.07, 6.45) is 5.71. The summed E-state index contributed by atoms with van der Waals surface area (Å²) in [6.45, 7) is 5.17. The number of rotatable bonds is 4. The Kier molecular flexibility index (Phi) is 9.25. The average Bonchev–Trinajstić information content (AvgIpc) is 2.98. The van der Waals surface area contributed by atoms with Crippen LogP contribution in [0, 0.1) is 20.8 Å². The van der Waals surface area contributed by atoms with Crippen LogP contribution >= 0.6 is 12.4 Å². The molecule has 45 heavy (non-hydrogen) atoms. The van der Waals surface area contributed by atoms with Crippen molar-refractivity contribution in [2.75, 3.05) is 0 Å². The monoisotopic (exact) mass is 630 g/mol. The molecule has 0 radical (unpaired) electrons. The van der Waals surface area contributed by atoms with Gasteiger partial charge in [-0.25, -0.2) is 0 Å². The molecule has 10 heteroatoms. The maximum Gasteiger partial charge on any atom is 0.166 e. The van der Waals surface area contributed by atoms with Gasteiger partial charge in [0.15, 0.2) is 36.7 Å². The molecule has 0 aliphatic heterocycles. The fourth-order valence-electron chi connectivity index (χ4n) is 6.74. The first-order chi connectivity index (χ1) is 21.0. The van der Waals surface area contributed by atoms with Crippen molar-refractivity contribution in [2.24, 2.45) is 0 Å². The Hall–Kier alpha value is -4.89. The highest BCUT2D eigenvalue weighted by molar-refractivity contribution is 6.16. The van der Waals surface area contributed by atoms with Crippen molar-refractivity contribution >= 4 is 70.7 Å². The highest BCUT2D eigenvalue weighted by atomic mass is 35.5. The third kappa shape index (κ3) is 5.07. The zero-order valence-corrected chi connectivity index (χ0v) is 25.7. The van der Waals surface area contributed by atoms with Crippen LogP contribution in [0.4, 0.5) is 0 Å². The first-order valence-electron chi connectivity index (χ1n) is 14.2. The lowest BCUT2D eigenvalue weighted by Crippen LogP contribution is -2.14. The zero-order chi connectivity index (χ0) is 32.0. The summed E-state index contributed by atoms with van der Waals surface area (Å²) in [7, 11) is 0. The highest BCUT2D eigenvalue weighted by Crippen LogP contribution is 2.45. The highest BCUT2D eigenvalue weighted by Gasteiger charge is 2.30. The van der Waals surface area contributed by atoms with E-state index in [1.54, 1.807) is 32.9 Å². The summed E-state index contributed by atoms with van der Waals surface area (Å²) in [6, 6.07) is 3.33. The lowest BCUT2D eigenvalue weighted by molar-refractivity contribution is 0.0960. The number of carbonyl (C=O) groups is 6. The van der Waals surface area contributed by atoms with Crippen LogP contribution in [0.15, 0.2) is 12.1 Å². The fraction of sp³-hybridized carbons (Fsp3) is 0.257. The third-order valence-corrected chi connectivity index (χ3v) is 8.85. The molecular weight excluding hydrogens is 600 g/mol. The van der Waals surface area contributed by atoms with Gasteiger partial charge in [-0.3, -0.25) is 28.8 Å². The number of aldehydes is 4. The molecule has 232 valence electrons. The SMILES string of the molecule is Cc1cc2c(C=O)c3c(c(O)c2c(C)c1C=O)C(=O)CCC3.Cc1cc2c(C=O)c3c(c(O)c2c(O)c1C=O)C(=O)CCC3.Cl. The van der Waals surface area contributed by atoms with Gasteiger partial charge in [-0.15, -0.1) is 12.4 Å². The van der Waals surface area contributed by atoms with Gasteiger partial charge in [0.1, 0.15) is 17.2 Å². The van der Waals surface area contributed by atoms with Crippen LogP contribution in [0.25, 0.3) is 21.5 Å². The van der Waals surface area contributed by atoms with Crippen LogP contribution in [0.2, 0.25) is 0 Å². The number of carbonyl (C=O) groups excluding carboxylic acids is 6. The van der Waals surface area contributed by atoms with Gasteiger partial charge in [0.2, 0.25) is 0 Å². The molecule has 4 aromatic carbocycles. The molecule has 0 fully saturated rings. The van der Waals surface area contributed by atoms with Gasteiger partial charge >= 0.3 is 0 Å². The Balaban J connectivity index is 0.000000200. The first-order valence-corrected chi connectivity index (χ1v) is 14.2. The number of aryl methyl sites for hydroxylation is 3. The number of phenolic OH excluding ortho intramolecular Hbond substituents is 3. The molecule has 4 aromatic rings. The molecule has 0 amide bonds. The lowest BCUT2D eigenvalue weighted by Gasteiger charge is -2.22. The fourth-order valence-corrected chi connectivity index (χ4v) is 6.74. The third-order valence-electron chi connectivity index (χ3n) is 8.85. The molecule has 2 aliphatic rings. The molecule has 0 aromatic heterocycles. The topological polar surface area (TPSA) is 163 Å². The van der Waals surface area contributed by atoms with E-state index >= 15 is 0 Å². The van der Waals surface area contributed by atoms with E-state index in [9.17, 15) is 44.1 Å². The van der Waals surface area contributed by atoms with Crippen molar-refractivity contribution in [1.29, 1.82) is 0 Å². The van der Waals surface area contributed by atoms with Crippen molar-refractivity contribution in [1.82, 2.24) is 0 Å². The van der Waals surface area contributed by atoms with Crippen LogP contribution in [0.5, 0.6) is 17.2 Å². The number of hydrogen-bond donors (Lipinski definition) is 3. The van der Waals surface area contributed by atoms with Crippen LogP contribution in [-0.4, -0.2) is 52.0 Å². The summed E-state index contributed by atoms with van der Waals surface area (Å²) < 4.78 is 0. The molecule has 9 nitrogen and oxygen atoms in total. The standard InChI is InChI=1S/C18H16O4.C17H14O5.ClH/c1-9-6-12-14(8-20)11-4-3-5-15(21)17(11)18(22)16(12)10(2)13(9)7-19;1-8-5-10-12(7-19)9-3-2-4-13(20)14(9)17(22)15(10)16(21)11(8)6-18;/h6-8,22H,3-5H2,1-2H3;5-7,21-22H,2-4H2,1H3;1H. The molecule has 0 saturated carbocycles. The number of aromatic hydroxyl groups is 3. The number of benzene rings is 4. The van der Waals surface area contributed by atoms with Gasteiger partial charge in [0.05, 0.1) is 22.1 Å². The van der Waals surface area contributed by atoms with Gasteiger partial charge in [-0.05, 0) is 91.8 Å². The molecule has 0 unspecified atom stereocenters. The second-order valence-corrected chi connectivity index (χ2v) is 11.3. The second-order valence-electron chi connectivity index (χ2n) is 11.3. The summed E-state index contributed by atoms with van der Waals surface area (Å²) in [5.74, 6) is -1.23. The Morgan fingerprint density at radius 3 is 1.40 bits per heavy atom. The van der Waals surface area contributed by atoms with Crippen LogP contribution < -0.4 is 0 Å². The molecule has 0 spiro atoms. The Bertz CT molecular complexity index is 1850. The van der Waals surface area contributed by atoms with Crippen molar-refractivity contribution in [3.8, 4) is 17.2 Å². The van der Waals surface area contributed by atoms with Gasteiger partial charge in [0.25, 0.3) is 0 Å². The van der Waals surface area contributed by atoms with Crippen LogP contribution in [0.3, 0.4) is 0 Å².